The molecule has 0 atom stereocenters. The van der Waals surface area contributed by atoms with E-state index in [-0.39, 0.29) is 6.54 Å². The molecule has 2 aromatic heterocycles. The lowest BCUT2D eigenvalue weighted by Gasteiger charge is -1.97. The van der Waals surface area contributed by atoms with Crippen molar-refractivity contribution in [3.63, 3.8) is 0 Å². The number of fused-ring (bicyclic) bond motifs is 1. The SMILES string of the molecule is O=c1oc2ccccc2n1Cc1cc(-c2ccc(Cl)cc2)no1. The third-order valence-electron chi connectivity index (χ3n) is 3.59. The van der Waals surface area contributed by atoms with Crippen molar-refractivity contribution in [3.8, 4) is 11.3 Å². The maximum absolute atomic E-state index is 12.0. The Bertz CT molecular complexity index is 1030. The zero-order valence-electron chi connectivity index (χ0n) is 11.9. The van der Waals surface area contributed by atoms with Crippen molar-refractivity contribution in [2.75, 3.05) is 0 Å². The first-order chi connectivity index (χ1) is 11.2. The summed E-state index contributed by atoms with van der Waals surface area (Å²) in [4.78, 5) is 12.0. The molecule has 0 fully saturated rings. The van der Waals surface area contributed by atoms with Gasteiger partial charge >= 0.3 is 5.76 Å². The van der Waals surface area contributed by atoms with Crippen molar-refractivity contribution in [1.82, 2.24) is 9.72 Å². The first kappa shape index (κ1) is 13.8. The van der Waals surface area contributed by atoms with Gasteiger partial charge in [0.05, 0.1) is 12.1 Å². The Labute approximate surface area is 135 Å². The summed E-state index contributed by atoms with van der Waals surface area (Å²) in [7, 11) is 0. The van der Waals surface area contributed by atoms with Crippen LogP contribution in [-0.2, 0) is 6.54 Å². The molecule has 0 saturated heterocycles. The second kappa shape index (κ2) is 5.44. The molecule has 0 bridgehead atoms. The van der Waals surface area contributed by atoms with Crippen molar-refractivity contribution >= 4 is 22.7 Å². The van der Waals surface area contributed by atoms with Gasteiger partial charge in [-0.1, -0.05) is 41.0 Å². The Morgan fingerprint density at radius 3 is 2.70 bits per heavy atom. The Hall–Kier alpha value is -2.79. The molecule has 0 amide bonds. The molecule has 114 valence electrons. The van der Waals surface area contributed by atoms with Crippen LogP contribution in [0.25, 0.3) is 22.4 Å². The number of hydrogen-bond donors (Lipinski definition) is 0. The third-order valence-corrected chi connectivity index (χ3v) is 3.84. The molecule has 0 aliphatic carbocycles. The van der Waals surface area contributed by atoms with E-state index < -0.39 is 5.76 Å². The molecule has 5 nitrogen and oxygen atoms in total. The van der Waals surface area contributed by atoms with Crippen LogP contribution >= 0.6 is 11.6 Å². The summed E-state index contributed by atoms with van der Waals surface area (Å²) in [6, 6.07) is 16.4. The summed E-state index contributed by atoms with van der Waals surface area (Å²) in [5, 5.41) is 4.70. The summed E-state index contributed by atoms with van der Waals surface area (Å²) in [5.41, 5.74) is 2.86. The van der Waals surface area contributed by atoms with Crippen LogP contribution < -0.4 is 5.76 Å². The minimum atomic E-state index is -0.421. The Balaban J connectivity index is 1.68. The molecule has 4 rings (SSSR count). The van der Waals surface area contributed by atoms with Gasteiger partial charge in [0.1, 0.15) is 5.69 Å². The van der Waals surface area contributed by atoms with Crippen LogP contribution in [0.3, 0.4) is 0 Å². The van der Waals surface area contributed by atoms with Crippen LogP contribution in [-0.4, -0.2) is 9.72 Å². The van der Waals surface area contributed by atoms with Gasteiger partial charge in [-0.2, -0.15) is 0 Å². The maximum atomic E-state index is 12.0. The molecular weight excluding hydrogens is 316 g/mol. The van der Waals surface area contributed by atoms with E-state index >= 15 is 0 Å². The zero-order valence-corrected chi connectivity index (χ0v) is 12.7. The summed E-state index contributed by atoms with van der Waals surface area (Å²) in [6.45, 7) is 0.260. The van der Waals surface area contributed by atoms with E-state index in [1.165, 1.54) is 4.57 Å². The van der Waals surface area contributed by atoms with Gasteiger partial charge in [0.25, 0.3) is 0 Å². The Morgan fingerprint density at radius 1 is 1.09 bits per heavy atom. The van der Waals surface area contributed by atoms with Crippen LogP contribution in [0.5, 0.6) is 0 Å². The van der Waals surface area contributed by atoms with E-state index in [9.17, 15) is 4.79 Å². The van der Waals surface area contributed by atoms with E-state index in [0.29, 0.717) is 22.1 Å². The largest absolute Gasteiger partial charge is 0.420 e. The smallest absolute Gasteiger partial charge is 0.408 e. The molecule has 0 spiro atoms. The van der Waals surface area contributed by atoms with Crippen molar-refractivity contribution in [2.24, 2.45) is 0 Å². The van der Waals surface area contributed by atoms with Crippen molar-refractivity contribution in [3.05, 3.63) is 75.9 Å². The first-order valence-electron chi connectivity index (χ1n) is 7.00. The first-order valence-corrected chi connectivity index (χ1v) is 7.38. The minimum Gasteiger partial charge on any atom is -0.408 e. The lowest BCUT2D eigenvalue weighted by Crippen LogP contribution is -2.14. The highest BCUT2D eigenvalue weighted by molar-refractivity contribution is 6.30. The standard InChI is InChI=1S/C17H11ClN2O3/c18-12-7-5-11(6-8-12)14-9-13(23-19-14)10-20-15-3-1-2-4-16(15)22-17(20)21/h1-9H,10H2. The van der Waals surface area contributed by atoms with Crippen LogP contribution in [0.2, 0.25) is 5.02 Å². The lowest BCUT2D eigenvalue weighted by atomic mass is 10.1. The molecule has 0 aliphatic heterocycles. The van der Waals surface area contributed by atoms with Gasteiger partial charge in [0, 0.05) is 16.7 Å². The van der Waals surface area contributed by atoms with Gasteiger partial charge in [0.2, 0.25) is 0 Å². The number of nitrogens with zero attached hydrogens (tertiary/aromatic N) is 2. The Kier molecular flexibility index (Phi) is 3.28. The molecule has 0 radical (unpaired) electrons. The van der Waals surface area contributed by atoms with Gasteiger partial charge in [-0.25, -0.2) is 4.79 Å². The van der Waals surface area contributed by atoms with Gasteiger partial charge in [-0.05, 0) is 24.3 Å². The molecule has 4 aromatic rings. The predicted octanol–water partition coefficient (Wildman–Crippen LogP) is 3.95. The molecular formula is C17H11ClN2O3. The summed E-state index contributed by atoms with van der Waals surface area (Å²) in [6.07, 6.45) is 0. The molecule has 2 aromatic carbocycles. The van der Waals surface area contributed by atoms with Gasteiger partial charge in [0.15, 0.2) is 11.3 Å². The lowest BCUT2D eigenvalue weighted by molar-refractivity contribution is 0.374. The zero-order chi connectivity index (χ0) is 15.8. The second-order valence-electron chi connectivity index (χ2n) is 5.11. The highest BCUT2D eigenvalue weighted by atomic mass is 35.5. The summed E-state index contributed by atoms with van der Waals surface area (Å²) in [5.74, 6) is 0.152. The second-order valence-corrected chi connectivity index (χ2v) is 5.54. The van der Waals surface area contributed by atoms with Gasteiger partial charge in [-0.15, -0.1) is 0 Å². The number of para-hydroxylation sites is 2. The summed E-state index contributed by atoms with van der Waals surface area (Å²) < 4.78 is 12.1. The highest BCUT2D eigenvalue weighted by Crippen LogP contribution is 2.22. The molecule has 2 heterocycles. The minimum absolute atomic E-state index is 0.260. The number of halogens is 1. The summed E-state index contributed by atoms with van der Waals surface area (Å²) >= 11 is 5.88. The normalized spacial score (nSPS) is 11.2. The van der Waals surface area contributed by atoms with E-state index in [1.54, 1.807) is 24.3 Å². The highest BCUT2D eigenvalue weighted by Gasteiger charge is 2.12. The maximum Gasteiger partial charge on any atom is 0.420 e. The molecule has 23 heavy (non-hydrogen) atoms. The van der Waals surface area contributed by atoms with E-state index in [4.69, 9.17) is 20.5 Å². The number of oxazole rings is 1. The van der Waals surface area contributed by atoms with Crippen LogP contribution in [0, 0.1) is 0 Å². The van der Waals surface area contributed by atoms with E-state index in [0.717, 1.165) is 11.1 Å². The number of aromatic nitrogens is 2. The fraction of sp³-hybridized carbons (Fsp3) is 0.0588. The average molecular weight is 327 g/mol. The van der Waals surface area contributed by atoms with Crippen molar-refractivity contribution in [2.45, 2.75) is 6.54 Å². The topological polar surface area (TPSA) is 61.2 Å². The molecule has 0 saturated carbocycles. The molecule has 6 heteroatoms. The van der Waals surface area contributed by atoms with Crippen molar-refractivity contribution < 1.29 is 8.94 Å². The van der Waals surface area contributed by atoms with Crippen molar-refractivity contribution in [1.29, 1.82) is 0 Å². The molecule has 0 unspecified atom stereocenters. The number of benzene rings is 2. The van der Waals surface area contributed by atoms with Crippen LogP contribution in [0.4, 0.5) is 0 Å². The third kappa shape index (κ3) is 2.55. The number of rotatable bonds is 3. The van der Waals surface area contributed by atoms with E-state index in [1.807, 2.05) is 30.3 Å². The monoisotopic (exact) mass is 326 g/mol. The van der Waals surface area contributed by atoms with Gasteiger partial charge in [-0.3, -0.25) is 4.57 Å². The fourth-order valence-electron chi connectivity index (χ4n) is 2.46. The Morgan fingerprint density at radius 2 is 1.87 bits per heavy atom. The van der Waals surface area contributed by atoms with Crippen LogP contribution in [0.15, 0.2) is 68.3 Å². The quantitative estimate of drug-likeness (QED) is 0.572. The number of hydrogen-bond acceptors (Lipinski definition) is 4. The van der Waals surface area contributed by atoms with Gasteiger partial charge < -0.3 is 8.94 Å². The fourth-order valence-corrected chi connectivity index (χ4v) is 2.59. The predicted molar refractivity (Wildman–Crippen MR) is 86.5 cm³/mol. The van der Waals surface area contributed by atoms with E-state index in [2.05, 4.69) is 5.16 Å². The van der Waals surface area contributed by atoms with Crippen LogP contribution in [0.1, 0.15) is 5.76 Å². The average Bonchev–Trinajstić information content (AvgIpc) is 3.14. The molecule has 0 aliphatic rings. The molecule has 0 N–H and O–H groups in total.